The molecule has 24 heavy (non-hydrogen) atoms. The van der Waals surface area contributed by atoms with Crippen molar-refractivity contribution in [2.24, 2.45) is 5.73 Å². The van der Waals surface area contributed by atoms with Crippen molar-refractivity contribution in [3.05, 3.63) is 57.8 Å². The van der Waals surface area contributed by atoms with Gasteiger partial charge in [0, 0.05) is 0 Å². The Balaban J connectivity index is 0.00000264. The van der Waals surface area contributed by atoms with Gasteiger partial charge >= 0.3 is 0 Å². The van der Waals surface area contributed by atoms with Crippen LogP contribution in [0.25, 0.3) is 0 Å². The Hall–Kier alpha value is -0.750. The largest absolute Gasteiger partial charge is 0.489 e. The van der Waals surface area contributed by atoms with E-state index in [4.69, 9.17) is 33.7 Å². The Labute approximate surface area is 164 Å². The summed E-state index contributed by atoms with van der Waals surface area (Å²) in [6.07, 6.45) is 0.682. The van der Waals surface area contributed by atoms with E-state index in [-0.39, 0.29) is 30.9 Å². The topological polar surface area (TPSA) is 68.4 Å². The fourth-order valence-electron chi connectivity index (χ4n) is 1.99. The van der Waals surface area contributed by atoms with Crippen molar-refractivity contribution in [1.82, 2.24) is 4.98 Å². The summed E-state index contributed by atoms with van der Waals surface area (Å²) in [7, 11) is 0. The maximum atomic E-state index is 10.4. The fraction of sp³-hybridized carbons (Fsp3) is 0.312. The first-order valence-electron chi connectivity index (χ1n) is 6.89. The van der Waals surface area contributed by atoms with E-state index in [9.17, 15) is 5.11 Å². The third kappa shape index (κ3) is 5.96. The van der Waals surface area contributed by atoms with Gasteiger partial charge in [0.15, 0.2) is 0 Å². The van der Waals surface area contributed by atoms with Crippen molar-refractivity contribution >= 4 is 48.0 Å². The number of aliphatic hydroxyl groups is 1. The van der Waals surface area contributed by atoms with Gasteiger partial charge in [-0.1, -0.05) is 29.3 Å². The Morgan fingerprint density at radius 1 is 1.08 bits per heavy atom. The zero-order valence-corrected chi connectivity index (χ0v) is 16.3. The van der Waals surface area contributed by atoms with Crippen LogP contribution in [0.4, 0.5) is 0 Å². The molecule has 1 aromatic carbocycles. The summed E-state index contributed by atoms with van der Waals surface area (Å²) < 4.78 is 5.52. The molecule has 2 rings (SSSR count). The molecule has 3 N–H and O–H groups in total. The van der Waals surface area contributed by atoms with Crippen molar-refractivity contribution in [3.63, 3.8) is 0 Å². The smallest absolute Gasteiger partial charge is 0.137 e. The summed E-state index contributed by atoms with van der Waals surface area (Å²) in [5.41, 5.74) is 7.24. The van der Waals surface area contributed by atoms with Gasteiger partial charge in [0.25, 0.3) is 0 Å². The standard InChI is InChI=1S/C16H18Cl2N2O2.2ClH/c1-9(2)22-11-4-6-14(20-8-11)16(21)15(19)10-3-5-12(17)13(18)7-10;;/h3-9,15-16,21H,19H2,1-2H3;2*1H/t15-,16-;;/m1../s1. The van der Waals surface area contributed by atoms with Gasteiger partial charge in [-0.2, -0.15) is 0 Å². The van der Waals surface area contributed by atoms with Gasteiger partial charge in [-0.15, -0.1) is 24.8 Å². The van der Waals surface area contributed by atoms with E-state index in [1.165, 1.54) is 0 Å². The molecule has 2 atom stereocenters. The minimum atomic E-state index is -0.953. The third-order valence-electron chi connectivity index (χ3n) is 3.10. The van der Waals surface area contributed by atoms with E-state index >= 15 is 0 Å². The molecule has 0 aliphatic heterocycles. The van der Waals surface area contributed by atoms with E-state index in [2.05, 4.69) is 4.98 Å². The number of aromatic nitrogens is 1. The predicted molar refractivity (Wildman–Crippen MR) is 103 cm³/mol. The molecule has 4 nitrogen and oxygen atoms in total. The highest BCUT2D eigenvalue weighted by Crippen LogP contribution is 2.30. The van der Waals surface area contributed by atoms with Gasteiger partial charge in [0.05, 0.1) is 34.1 Å². The average molecular weight is 414 g/mol. The molecule has 0 amide bonds. The summed E-state index contributed by atoms with van der Waals surface area (Å²) >= 11 is 11.9. The van der Waals surface area contributed by atoms with Crippen molar-refractivity contribution in [2.75, 3.05) is 0 Å². The number of hydrogen-bond donors (Lipinski definition) is 2. The van der Waals surface area contributed by atoms with Crippen molar-refractivity contribution in [2.45, 2.75) is 32.1 Å². The number of benzene rings is 1. The first-order valence-corrected chi connectivity index (χ1v) is 7.65. The monoisotopic (exact) mass is 412 g/mol. The van der Waals surface area contributed by atoms with Gasteiger partial charge in [-0.25, -0.2) is 0 Å². The summed E-state index contributed by atoms with van der Waals surface area (Å²) in [5, 5.41) is 11.2. The van der Waals surface area contributed by atoms with Crippen LogP contribution in [0.5, 0.6) is 5.75 Å². The normalized spacial score (nSPS) is 12.8. The van der Waals surface area contributed by atoms with Crippen molar-refractivity contribution < 1.29 is 9.84 Å². The molecule has 0 fully saturated rings. The summed E-state index contributed by atoms with van der Waals surface area (Å²) in [6.45, 7) is 3.87. The Kier molecular flexibility index (Phi) is 9.97. The van der Waals surface area contributed by atoms with Crippen LogP contribution in [0.2, 0.25) is 10.0 Å². The lowest BCUT2D eigenvalue weighted by atomic mass is 10.00. The first kappa shape index (κ1) is 23.2. The van der Waals surface area contributed by atoms with Gasteiger partial charge in [-0.3, -0.25) is 4.98 Å². The molecule has 8 heteroatoms. The lowest BCUT2D eigenvalue weighted by Crippen LogP contribution is -2.20. The number of nitrogens with two attached hydrogens (primary N) is 1. The molecule has 0 saturated carbocycles. The van der Waals surface area contributed by atoms with Crippen LogP contribution >= 0.6 is 48.0 Å². The minimum Gasteiger partial charge on any atom is -0.489 e. The molecule has 0 saturated heterocycles. The molecule has 0 unspecified atom stereocenters. The SMILES string of the molecule is CC(C)Oc1ccc([C@@H](O)[C@H](N)c2ccc(Cl)c(Cl)c2)nc1.Cl.Cl. The second-order valence-electron chi connectivity index (χ2n) is 5.23. The van der Waals surface area contributed by atoms with Gasteiger partial charge in [0.1, 0.15) is 11.9 Å². The number of pyridine rings is 1. The van der Waals surface area contributed by atoms with E-state index in [0.717, 1.165) is 0 Å². The molecule has 0 aliphatic carbocycles. The molecule has 2 aromatic rings. The maximum absolute atomic E-state index is 10.4. The first-order chi connectivity index (χ1) is 10.4. The minimum absolute atomic E-state index is 0. The van der Waals surface area contributed by atoms with Crippen LogP contribution in [-0.4, -0.2) is 16.2 Å². The van der Waals surface area contributed by atoms with Crippen LogP contribution in [0.1, 0.15) is 37.3 Å². The number of ether oxygens (including phenoxy) is 1. The molecule has 0 radical (unpaired) electrons. The Morgan fingerprint density at radius 3 is 2.25 bits per heavy atom. The number of aliphatic hydroxyl groups excluding tert-OH is 1. The van der Waals surface area contributed by atoms with E-state index in [0.29, 0.717) is 27.1 Å². The van der Waals surface area contributed by atoms with Gasteiger partial charge < -0.3 is 15.6 Å². The number of halogens is 4. The van der Waals surface area contributed by atoms with Crippen molar-refractivity contribution in [1.29, 1.82) is 0 Å². The van der Waals surface area contributed by atoms with Gasteiger partial charge in [0.2, 0.25) is 0 Å². The fourth-order valence-corrected chi connectivity index (χ4v) is 2.30. The summed E-state index contributed by atoms with van der Waals surface area (Å²) in [5.74, 6) is 0.647. The molecule has 134 valence electrons. The molecule has 1 aromatic heterocycles. The number of hydrogen-bond acceptors (Lipinski definition) is 4. The molecule has 0 bridgehead atoms. The Morgan fingerprint density at radius 2 is 1.75 bits per heavy atom. The highest BCUT2D eigenvalue weighted by atomic mass is 35.5. The zero-order valence-electron chi connectivity index (χ0n) is 13.1. The third-order valence-corrected chi connectivity index (χ3v) is 3.84. The highest BCUT2D eigenvalue weighted by Gasteiger charge is 2.21. The predicted octanol–water partition coefficient (Wildman–Crippen LogP) is 4.75. The summed E-state index contributed by atoms with van der Waals surface area (Å²) in [4.78, 5) is 4.20. The quantitative estimate of drug-likeness (QED) is 0.741. The molecular formula is C16H20Cl4N2O2. The molecular weight excluding hydrogens is 394 g/mol. The molecule has 0 spiro atoms. The summed E-state index contributed by atoms with van der Waals surface area (Å²) in [6, 6.07) is 7.83. The highest BCUT2D eigenvalue weighted by molar-refractivity contribution is 6.42. The Bertz CT molecular complexity index is 638. The zero-order chi connectivity index (χ0) is 16.3. The van der Waals surface area contributed by atoms with E-state index in [1.807, 2.05) is 13.8 Å². The van der Waals surface area contributed by atoms with Crippen molar-refractivity contribution in [3.8, 4) is 5.75 Å². The van der Waals surface area contributed by atoms with Gasteiger partial charge in [-0.05, 0) is 43.7 Å². The lowest BCUT2D eigenvalue weighted by Gasteiger charge is -2.19. The van der Waals surface area contributed by atoms with Crippen LogP contribution < -0.4 is 10.5 Å². The average Bonchev–Trinajstić information content (AvgIpc) is 2.49. The second kappa shape index (κ2) is 10.3. The number of nitrogens with zero attached hydrogens (tertiary/aromatic N) is 1. The van der Waals surface area contributed by atoms with Crippen LogP contribution in [0.15, 0.2) is 36.5 Å². The van der Waals surface area contributed by atoms with Crippen LogP contribution in [0, 0.1) is 0 Å². The van der Waals surface area contributed by atoms with Crippen LogP contribution in [0.3, 0.4) is 0 Å². The number of rotatable bonds is 5. The van der Waals surface area contributed by atoms with E-state index in [1.54, 1.807) is 36.5 Å². The lowest BCUT2D eigenvalue weighted by molar-refractivity contribution is 0.142. The second-order valence-corrected chi connectivity index (χ2v) is 6.04. The van der Waals surface area contributed by atoms with E-state index < -0.39 is 12.1 Å². The van der Waals surface area contributed by atoms with Crippen LogP contribution in [-0.2, 0) is 0 Å². The molecule has 1 heterocycles. The molecule has 0 aliphatic rings. The maximum Gasteiger partial charge on any atom is 0.137 e.